The Labute approximate surface area is 257 Å². The fraction of sp³-hybridized carbons (Fsp3) is 0.344. The number of halogens is 3. The molecule has 1 aliphatic rings. The summed E-state index contributed by atoms with van der Waals surface area (Å²) in [4.78, 5) is 13.7. The van der Waals surface area contributed by atoms with E-state index in [0.29, 0.717) is 12.0 Å². The van der Waals surface area contributed by atoms with E-state index in [4.69, 9.17) is 9.72 Å². The van der Waals surface area contributed by atoms with Gasteiger partial charge in [0.1, 0.15) is 11.6 Å². The number of imidazole rings is 1. The topological polar surface area (TPSA) is 44.4 Å². The minimum Gasteiger partial charge on any atom is -0.497 e. The maximum atomic E-state index is 5.38. The van der Waals surface area contributed by atoms with Crippen LogP contribution in [0.4, 0.5) is 0 Å². The van der Waals surface area contributed by atoms with Gasteiger partial charge in [0.05, 0.1) is 18.8 Å². The van der Waals surface area contributed by atoms with Crippen molar-refractivity contribution in [2.75, 3.05) is 39.8 Å². The molecular weight excluding hydrogens is 563 g/mol. The number of methoxy groups -OCH3 is 1. The summed E-state index contributed by atoms with van der Waals surface area (Å²) >= 11 is 0. The van der Waals surface area contributed by atoms with Crippen molar-refractivity contribution in [3.8, 4) is 17.1 Å². The van der Waals surface area contributed by atoms with Gasteiger partial charge in [-0.05, 0) is 50.1 Å². The first-order valence-electron chi connectivity index (χ1n) is 13.4. The molecule has 3 aromatic carbocycles. The lowest BCUT2D eigenvalue weighted by molar-refractivity contribution is 0.0992. The quantitative estimate of drug-likeness (QED) is 0.214. The molecule has 2 unspecified atom stereocenters. The monoisotopic (exact) mass is 602 g/mol. The summed E-state index contributed by atoms with van der Waals surface area (Å²) in [5.74, 6) is 2.25. The molecule has 1 fully saturated rings. The van der Waals surface area contributed by atoms with Crippen molar-refractivity contribution in [2.45, 2.75) is 32.2 Å². The van der Waals surface area contributed by atoms with Gasteiger partial charge in [-0.3, -0.25) is 4.90 Å². The second-order valence-electron chi connectivity index (χ2n) is 10.0. The average molecular weight is 604 g/mol. The SMILES string of the molecule is COc1ccc(C(CCN2CCN(C(C)c3nc(-c4ccccc4)[nH]c3C)CC2)c2ccccc2)cc1.Cl.Cl.Cl. The molecule has 8 heteroatoms. The summed E-state index contributed by atoms with van der Waals surface area (Å²) < 4.78 is 5.38. The molecule has 1 aliphatic heterocycles. The Bertz CT molecular complexity index is 1260. The van der Waals surface area contributed by atoms with Crippen LogP contribution in [0.3, 0.4) is 0 Å². The summed E-state index contributed by atoms with van der Waals surface area (Å²) in [5, 5.41) is 0. The van der Waals surface area contributed by atoms with Crippen molar-refractivity contribution in [1.29, 1.82) is 0 Å². The molecule has 2 atom stereocenters. The lowest BCUT2D eigenvalue weighted by Crippen LogP contribution is -2.47. The number of rotatable bonds is 9. The predicted molar refractivity (Wildman–Crippen MR) is 173 cm³/mol. The Kier molecular flexibility index (Phi) is 13.5. The van der Waals surface area contributed by atoms with E-state index in [9.17, 15) is 0 Å². The van der Waals surface area contributed by atoms with Crippen LogP contribution >= 0.6 is 37.2 Å². The molecule has 216 valence electrons. The van der Waals surface area contributed by atoms with Gasteiger partial charge in [0.15, 0.2) is 0 Å². The van der Waals surface area contributed by atoms with Crippen LogP contribution in [-0.2, 0) is 0 Å². The number of ether oxygens (including phenoxy) is 1. The van der Waals surface area contributed by atoms with Crippen molar-refractivity contribution in [3.63, 3.8) is 0 Å². The van der Waals surface area contributed by atoms with Crippen molar-refractivity contribution >= 4 is 37.2 Å². The summed E-state index contributed by atoms with van der Waals surface area (Å²) in [6.45, 7) is 9.83. The minimum atomic E-state index is 0. The maximum absolute atomic E-state index is 5.38. The third-order valence-electron chi connectivity index (χ3n) is 7.77. The standard InChI is InChI=1S/C32H38N4O.3ClH/c1-24-31(34-32(33-24)28-12-8-5-9-13-28)25(2)36-22-20-35(21-23-36)19-18-30(26-10-6-4-7-11-26)27-14-16-29(37-3)17-15-27;;;/h4-17,25,30H,18-23H2,1-3H3,(H,33,34);3*1H. The van der Waals surface area contributed by atoms with Gasteiger partial charge in [-0.25, -0.2) is 4.98 Å². The van der Waals surface area contributed by atoms with Gasteiger partial charge in [-0.2, -0.15) is 0 Å². The Balaban J connectivity index is 0.00000187. The number of H-pyrrole nitrogens is 1. The number of aromatic nitrogens is 2. The zero-order valence-electron chi connectivity index (χ0n) is 23.5. The van der Waals surface area contributed by atoms with E-state index in [0.717, 1.165) is 62.0 Å². The zero-order valence-corrected chi connectivity index (χ0v) is 25.9. The Morgan fingerprint density at radius 1 is 0.800 bits per heavy atom. The number of hydrogen-bond donors (Lipinski definition) is 1. The lowest BCUT2D eigenvalue weighted by Gasteiger charge is -2.38. The highest BCUT2D eigenvalue weighted by Gasteiger charge is 2.26. The van der Waals surface area contributed by atoms with Crippen LogP contribution in [0.25, 0.3) is 11.4 Å². The van der Waals surface area contributed by atoms with Crippen LogP contribution in [0.15, 0.2) is 84.9 Å². The van der Waals surface area contributed by atoms with E-state index >= 15 is 0 Å². The third kappa shape index (κ3) is 8.02. The molecule has 0 spiro atoms. The Morgan fingerprint density at radius 3 is 1.98 bits per heavy atom. The van der Waals surface area contributed by atoms with Crippen molar-refractivity contribution in [2.24, 2.45) is 0 Å². The molecule has 0 aliphatic carbocycles. The number of aryl methyl sites for hydroxylation is 1. The lowest BCUT2D eigenvalue weighted by atomic mass is 9.88. The van der Waals surface area contributed by atoms with Crippen LogP contribution in [-0.4, -0.2) is 59.6 Å². The van der Waals surface area contributed by atoms with E-state index in [-0.39, 0.29) is 37.2 Å². The zero-order chi connectivity index (χ0) is 25.6. The smallest absolute Gasteiger partial charge is 0.137 e. The highest BCUT2D eigenvalue weighted by atomic mass is 35.5. The van der Waals surface area contributed by atoms with Crippen LogP contribution in [0.2, 0.25) is 0 Å². The number of nitrogens with one attached hydrogen (secondary N) is 1. The summed E-state index contributed by atoms with van der Waals surface area (Å²) in [6.07, 6.45) is 1.10. The molecule has 5 nitrogen and oxygen atoms in total. The highest BCUT2D eigenvalue weighted by Crippen LogP contribution is 2.30. The first-order valence-corrected chi connectivity index (χ1v) is 13.4. The second-order valence-corrected chi connectivity index (χ2v) is 10.0. The molecular formula is C32H41Cl3N4O. The Hall–Kier alpha value is -2.54. The summed E-state index contributed by atoms with van der Waals surface area (Å²) in [5.41, 5.74) is 6.19. The normalized spacial score (nSPS) is 15.2. The van der Waals surface area contributed by atoms with E-state index in [1.165, 1.54) is 16.8 Å². The molecule has 1 aromatic heterocycles. The minimum absolute atomic E-state index is 0. The third-order valence-corrected chi connectivity index (χ3v) is 7.77. The number of aromatic amines is 1. The first kappa shape index (κ1) is 33.7. The summed E-state index contributed by atoms with van der Waals surface area (Å²) in [7, 11) is 1.72. The number of hydrogen-bond acceptors (Lipinski definition) is 4. The van der Waals surface area contributed by atoms with Gasteiger partial charge >= 0.3 is 0 Å². The number of piperazine rings is 1. The molecule has 0 saturated carbocycles. The predicted octanol–water partition coefficient (Wildman–Crippen LogP) is 7.56. The molecule has 2 heterocycles. The van der Waals surface area contributed by atoms with Crippen LogP contribution in [0.5, 0.6) is 5.75 Å². The van der Waals surface area contributed by atoms with E-state index in [1.807, 2.05) is 6.07 Å². The fourth-order valence-corrected chi connectivity index (χ4v) is 5.52. The largest absolute Gasteiger partial charge is 0.497 e. The molecule has 5 rings (SSSR count). The highest BCUT2D eigenvalue weighted by molar-refractivity contribution is 5.86. The van der Waals surface area contributed by atoms with Gasteiger partial charge in [-0.1, -0.05) is 72.8 Å². The van der Waals surface area contributed by atoms with E-state index in [1.54, 1.807) is 7.11 Å². The molecule has 0 bridgehead atoms. The molecule has 4 aromatic rings. The molecule has 0 radical (unpaired) electrons. The van der Waals surface area contributed by atoms with Gasteiger partial charge in [0, 0.05) is 43.4 Å². The second kappa shape index (κ2) is 16.0. The van der Waals surface area contributed by atoms with E-state index in [2.05, 4.69) is 107 Å². The molecule has 1 N–H and O–H groups in total. The number of benzene rings is 3. The van der Waals surface area contributed by atoms with Gasteiger partial charge in [0.2, 0.25) is 0 Å². The van der Waals surface area contributed by atoms with Crippen LogP contribution in [0.1, 0.15) is 47.8 Å². The average Bonchev–Trinajstić information content (AvgIpc) is 3.36. The van der Waals surface area contributed by atoms with Crippen molar-refractivity contribution in [1.82, 2.24) is 19.8 Å². The Morgan fingerprint density at radius 2 is 1.38 bits per heavy atom. The maximum Gasteiger partial charge on any atom is 0.137 e. The van der Waals surface area contributed by atoms with Crippen molar-refractivity contribution < 1.29 is 4.74 Å². The van der Waals surface area contributed by atoms with Gasteiger partial charge < -0.3 is 14.6 Å². The fourth-order valence-electron chi connectivity index (χ4n) is 5.52. The molecule has 40 heavy (non-hydrogen) atoms. The first-order chi connectivity index (χ1) is 18.1. The van der Waals surface area contributed by atoms with E-state index < -0.39 is 0 Å². The van der Waals surface area contributed by atoms with Gasteiger partial charge in [0.25, 0.3) is 0 Å². The summed E-state index contributed by atoms with van der Waals surface area (Å²) in [6, 6.07) is 30.2. The molecule has 0 amide bonds. The number of nitrogens with zero attached hydrogens (tertiary/aromatic N) is 3. The molecule has 1 saturated heterocycles. The van der Waals surface area contributed by atoms with Crippen LogP contribution < -0.4 is 4.74 Å². The van der Waals surface area contributed by atoms with Crippen molar-refractivity contribution in [3.05, 3.63) is 107 Å². The van der Waals surface area contributed by atoms with Gasteiger partial charge in [-0.15, -0.1) is 37.2 Å². The van der Waals surface area contributed by atoms with Crippen LogP contribution in [0, 0.1) is 6.92 Å².